The largest absolute Gasteiger partial charge is 0.311 e. The average Bonchev–Trinajstić information content (AvgIpc) is 3.46. The van der Waals surface area contributed by atoms with E-state index in [4.69, 9.17) is 0 Å². The van der Waals surface area contributed by atoms with Gasteiger partial charge in [0.05, 0.1) is 5.69 Å². The van der Waals surface area contributed by atoms with Crippen LogP contribution < -0.4 is 31.1 Å². The van der Waals surface area contributed by atoms with Gasteiger partial charge in [-0.2, -0.15) is 0 Å². The summed E-state index contributed by atoms with van der Waals surface area (Å²) < 4.78 is 0. The fourth-order valence-electron chi connectivity index (χ4n) is 17.1. The first-order chi connectivity index (χ1) is 36.4. The Kier molecular flexibility index (Phi) is 10.8. The maximum Gasteiger partial charge on any atom is 0.252 e. The first-order valence-electron chi connectivity index (χ1n) is 29.8. The van der Waals surface area contributed by atoms with Gasteiger partial charge in [0.1, 0.15) is 0 Å². The lowest BCUT2D eigenvalue weighted by Crippen LogP contribution is -2.62. The molecule has 7 aromatic rings. The number of benzene rings is 7. The molecule has 0 saturated heterocycles. The number of aryl methyl sites for hydroxylation is 2. The molecule has 0 bridgehead atoms. The number of hydrogen-bond acceptors (Lipinski definition) is 3. The van der Waals surface area contributed by atoms with Gasteiger partial charge in [0, 0.05) is 45.5 Å². The molecule has 400 valence electrons. The van der Waals surface area contributed by atoms with E-state index in [1.165, 1.54) is 130 Å². The van der Waals surface area contributed by atoms with Crippen LogP contribution in [-0.4, -0.2) is 6.71 Å². The number of anilines is 9. The van der Waals surface area contributed by atoms with Gasteiger partial charge in [-0.25, -0.2) is 0 Å². The van der Waals surface area contributed by atoms with Crippen LogP contribution in [0.1, 0.15) is 205 Å². The average molecular weight is 1030 g/mol. The van der Waals surface area contributed by atoms with Crippen LogP contribution in [0.4, 0.5) is 51.2 Å². The normalized spacial score (nSPS) is 21.1. The first-order valence-corrected chi connectivity index (χ1v) is 29.8. The number of nitrogens with zero attached hydrogens (tertiary/aromatic N) is 3. The van der Waals surface area contributed by atoms with E-state index in [-0.39, 0.29) is 50.0 Å². The Hall–Kier alpha value is -6.00. The van der Waals surface area contributed by atoms with Crippen molar-refractivity contribution >= 4 is 74.3 Å². The van der Waals surface area contributed by atoms with Crippen molar-refractivity contribution in [3.63, 3.8) is 0 Å². The molecule has 0 aromatic heterocycles. The van der Waals surface area contributed by atoms with Crippen molar-refractivity contribution in [2.75, 3.05) is 14.7 Å². The molecule has 0 N–H and O–H groups in total. The lowest BCUT2D eigenvalue weighted by Gasteiger charge is -2.48. The van der Waals surface area contributed by atoms with Crippen LogP contribution >= 0.6 is 0 Å². The molecule has 78 heavy (non-hydrogen) atoms. The van der Waals surface area contributed by atoms with Crippen LogP contribution in [0.2, 0.25) is 0 Å². The van der Waals surface area contributed by atoms with Crippen molar-refractivity contribution < 1.29 is 0 Å². The molecule has 0 unspecified atom stereocenters. The molecule has 6 aliphatic rings. The highest BCUT2D eigenvalue weighted by atomic mass is 15.2. The predicted octanol–water partition coefficient (Wildman–Crippen LogP) is 18.5. The lowest BCUT2D eigenvalue weighted by atomic mass is 9.33. The minimum atomic E-state index is -0.0133. The van der Waals surface area contributed by atoms with Crippen molar-refractivity contribution in [3.05, 3.63) is 177 Å². The SMILES string of the molecule is Cc1ccccc1N(c1cc2c3c(c1)N(c1ccc4c(c1)C(C)(C)CC4(C)C)c1cc4c(cc1B3c1cc3c(cc1N2c1ccc2c(c1)C(C)(C)CCC2(C)C)C(C)(C)CCC3(C)C)C(C)(C)CC4(C)C)c1ccccc1C. The van der Waals surface area contributed by atoms with Crippen LogP contribution in [-0.2, 0) is 43.3 Å². The summed E-state index contributed by atoms with van der Waals surface area (Å²) in [5, 5.41) is 0. The Balaban J connectivity index is 1.22. The molecule has 0 fully saturated rings. The second kappa shape index (κ2) is 16.3. The standard InChI is InChI=1S/C74H86BN3/c1-45-23-19-21-25-60(45)78(61-26-22-20-24-46(61)2)49-37-64-66-65(38-49)77(48-28-30-51-53(36-48)72(13,14)43-71(51,11)12)63-42-57-55(73(15,16)44-74(57,17)18)40-59(63)75(66)58-39-54-56(70(9,10)34-33-69(54,7)8)41-62(58)76(64)47-27-29-50-52(35-47)68(5,6)32-31-67(50,3)4/h19-30,35-42H,31-34,43-44H2,1-18H3. The number of hydrogen-bond donors (Lipinski definition) is 0. The Labute approximate surface area is 470 Å². The number of fused-ring (bicyclic) bond motifs is 8. The molecular formula is C74H86BN3. The van der Waals surface area contributed by atoms with Crippen LogP contribution in [0.5, 0.6) is 0 Å². The topological polar surface area (TPSA) is 9.72 Å². The highest BCUT2D eigenvalue weighted by Crippen LogP contribution is 2.58. The summed E-state index contributed by atoms with van der Waals surface area (Å²) in [6.07, 6.45) is 6.91. The molecule has 3 nitrogen and oxygen atoms in total. The third-order valence-corrected chi connectivity index (χ3v) is 21.2. The van der Waals surface area contributed by atoms with E-state index in [0.29, 0.717) is 0 Å². The molecule has 0 atom stereocenters. The smallest absolute Gasteiger partial charge is 0.252 e. The quantitative estimate of drug-likeness (QED) is 0.159. The molecule has 0 amide bonds. The van der Waals surface area contributed by atoms with Gasteiger partial charge in [0.2, 0.25) is 0 Å². The summed E-state index contributed by atoms with van der Waals surface area (Å²) in [5.41, 5.74) is 30.3. The number of rotatable bonds is 5. The van der Waals surface area contributed by atoms with E-state index in [1.807, 2.05) is 0 Å². The molecule has 0 spiro atoms. The third-order valence-electron chi connectivity index (χ3n) is 21.2. The summed E-state index contributed by atoms with van der Waals surface area (Å²) in [4.78, 5) is 8.09. The van der Waals surface area contributed by atoms with Gasteiger partial charge in [-0.3, -0.25) is 0 Å². The third kappa shape index (κ3) is 7.42. The monoisotopic (exact) mass is 1030 g/mol. The zero-order valence-corrected chi connectivity index (χ0v) is 50.7. The molecule has 13 rings (SSSR count). The van der Waals surface area contributed by atoms with Gasteiger partial charge < -0.3 is 14.7 Å². The van der Waals surface area contributed by atoms with Crippen molar-refractivity contribution in [1.82, 2.24) is 0 Å². The summed E-state index contributed by atoms with van der Waals surface area (Å²) >= 11 is 0. The fraction of sp³-hybridized carbons (Fsp3) is 0.432. The zero-order valence-electron chi connectivity index (χ0n) is 50.7. The van der Waals surface area contributed by atoms with Crippen LogP contribution in [0.15, 0.2) is 121 Å². The van der Waals surface area contributed by atoms with Gasteiger partial charge in [-0.1, -0.05) is 171 Å². The van der Waals surface area contributed by atoms with E-state index < -0.39 is 0 Å². The molecule has 4 aliphatic carbocycles. The van der Waals surface area contributed by atoms with Crippen LogP contribution in [0.25, 0.3) is 0 Å². The van der Waals surface area contributed by atoms with E-state index in [0.717, 1.165) is 31.4 Å². The van der Waals surface area contributed by atoms with Gasteiger partial charge in [-0.05, 0) is 228 Å². The molecule has 7 aromatic carbocycles. The van der Waals surface area contributed by atoms with Crippen molar-refractivity contribution in [2.45, 2.75) is 206 Å². The molecule has 0 saturated carbocycles. The Morgan fingerprint density at radius 2 is 0.679 bits per heavy atom. The Morgan fingerprint density at radius 3 is 1.12 bits per heavy atom. The molecule has 4 heteroatoms. The summed E-state index contributed by atoms with van der Waals surface area (Å²) in [5.74, 6) is 0. The molecule has 0 radical (unpaired) electrons. The molecular weight excluding hydrogens is 942 g/mol. The molecule has 2 heterocycles. The minimum absolute atomic E-state index is 0.00792. The minimum Gasteiger partial charge on any atom is -0.311 e. The van der Waals surface area contributed by atoms with Gasteiger partial charge >= 0.3 is 0 Å². The number of para-hydroxylation sites is 2. The summed E-state index contributed by atoms with van der Waals surface area (Å²) in [7, 11) is 0. The maximum absolute atomic E-state index is 2.76. The van der Waals surface area contributed by atoms with Crippen LogP contribution in [0, 0.1) is 13.8 Å². The zero-order chi connectivity index (χ0) is 55.4. The highest BCUT2D eigenvalue weighted by molar-refractivity contribution is 7.00. The first kappa shape index (κ1) is 51.4. The summed E-state index contributed by atoms with van der Waals surface area (Å²) in [6.45, 7) is 44.4. The van der Waals surface area contributed by atoms with E-state index in [9.17, 15) is 0 Å². The van der Waals surface area contributed by atoms with Crippen LogP contribution in [0.3, 0.4) is 0 Å². The fourth-order valence-corrected chi connectivity index (χ4v) is 17.1. The van der Waals surface area contributed by atoms with Crippen molar-refractivity contribution in [2.24, 2.45) is 0 Å². The van der Waals surface area contributed by atoms with Gasteiger partial charge in [-0.15, -0.1) is 0 Å². The maximum atomic E-state index is 2.76. The van der Waals surface area contributed by atoms with Gasteiger partial charge in [0.15, 0.2) is 0 Å². The molecule has 2 aliphatic heterocycles. The van der Waals surface area contributed by atoms with E-state index in [2.05, 4.69) is 261 Å². The second-order valence-electron chi connectivity index (χ2n) is 30.7. The van der Waals surface area contributed by atoms with Crippen molar-refractivity contribution in [1.29, 1.82) is 0 Å². The van der Waals surface area contributed by atoms with E-state index in [1.54, 1.807) is 0 Å². The predicted molar refractivity (Wildman–Crippen MR) is 337 cm³/mol. The lowest BCUT2D eigenvalue weighted by molar-refractivity contribution is 0.332. The van der Waals surface area contributed by atoms with Crippen molar-refractivity contribution in [3.8, 4) is 0 Å². The Bertz CT molecular complexity index is 3660. The Morgan fingerprint density at radius 1 is 0.346 bits per heavy atom. The van der Waals surface area contributed by atoms with E-state index >= 15 is 0 Å². The second-order valence-corrected chi connectivity index (χ2v) is 30.7. The summed E-state index contributed by atoms with van der Waals surface area (Å²) in [6, 6.07) is 49.3. The highest BCUT2D eigenvalue weighted by Gasteiger charge is 2.51. The van der Waals surface area contributed by atoms with Gasteiger partial charge in [0.25, 0.3) is 6.71 Å².